The van der Waals surface area contributed by atoms with Crippen molar-refractivity contribution in [3.8, 4) is 0 Å². The Balaban J connectivity index is 2.23. The van der Waals surface area contributed by atoms with Gasteiger partial charge in [0.15, 0.2) is 0 Å². The fourth-order valence-electron chi connectivity index (χ4n) is 3.91. The van der Waals surface area contributed by atoms with Gasteiger partial charge in [-0.25, -0.2) is 0 Å². The highest BCUT2D eigenvalue weighted by Crippen LogP contribution is 2.40. The lowest BCUT2D eigenvalue weighted by molar-refractivity contribution is 0.180. The number of rotatable bonds is 3. The molecule has 3 unspecified atom stereocenters. The van der Waals surface area contributed by atoms with Crippen LogP contribution in [0.2, 0.25) is 0 Å². The van der Waals surface area contributed by atoms with Gasteiger partial charge in [-0.3, -0.25) is 0 Å². The summed E-state index contributed by atoms with van der Waals surface area (Å²) in [5.41, 5.74) is 2.86. The molecule has 2 heteroatoms. The van der Waals surface area contributed by atoms with Crippen LogP contribution in [-0.2, 0) is 0 Å². The lowest BCUT2D eigenvalue weighted by Gasteiger charge is -2.37. The lowest BCUT2D eigenvalue weighted by atomic mass is 9.72. The van der Waals surface area contributed by atoms with E-state index in [0.717, 1.165) is 17.8 Å². The molecule has 0 radical (unpaired) electrons. The third-order valence-electron chi connectivity index (χ3n) is 4.56. The van der Waals surface area contributed by atoms with Gasteiger partial charge in [-0.2, -0.15) is 0 Å². The number of aryl methyl sites for hydroxylation is 1. The van der Waals surface area contributed by atoms with Gasteiger partial charge in [0.2, 0.25) is 0 Å². The fraction of sp³-hybridized carbons (Fsp3) is 0.647. The van der Waals surface area contributed by atoms with Crippen LogP contribution in [0.25, 0.3) is 0 Å². The first kappa shape index (κ1) is 15.1. The molecule has 1 aliphatic carbocycles. The molecule has 0 spiro atoms. The largest absolute Gasteiger partial charge is 0.313 e. The molecule has 3 atom stereocenters. The first-order valence-electron chi connectivity index (χ1n) is 7.44. The van der Waals surface area contributed by atoms with E-state index in [4.69, 9.17) is 0 Å². The molecule has 0 amide bonds. The van der Waals surface area contributed by atoms with Gasteiger partial charge in [0.25, 0.3) is 0 Å². The number of halogens is 1. The zero-order valence-corrected chi connectivity index (χ0v) is 14.1. The minimum absolute atomic E-state index is 0.498. The molecule has 0 heterocycles. The molecule has 0 saturated heterocycles. The van der Waals surface area contributed by atoms with Crippen molar-refractivity contribution in [2.45, 2.75) is 46.1 Å². The Kier molecular flexibility index (Phi) is 5.08. The van der Waals surface area contributed by atoms with E-state index in [1.54, 1.807) is 0 Å². The van der Waals surface area contributed by atoms with Crippen LogP contribution in [0.3, 0.4) is 0 Å². The summed E-state index contributed by atoms with van der Waals surface area (Å²) in [5, 5.41) is 3.57. The highest BCUT2D eigenvalue weighted by molar-refractivity contribution is 9.10. The van der Waals surface area contributed by atoms with E-state index < -0.39 is 0 Å². The molecule has 0 aromatic heterocycles. The number of nitrogens with one attached hydrogen (secondary N) is 1. The summed E-state index contributed by atoms with van der Waals surface area (Å²) in [6.45, 7) is 7.04. The molecule has 1 nitrogen and oxygen atoms in total. The predicted molar refractivity (Wildman–Crippen MR) is 86.3 cm³/mol. The van der Waals surface area contributed by atoms with Gasteiger partial charge < -0.3 is 5.32 Å². The van der Waals surface area contributed by atoms with Crippen molar-refractivity contribution in [2.24, 2.45) is 17.8 Å². The van der Waals surface area contributed by atoms with E-state index in [1.807, 2.05) is 0 Å². The van der Waals surface area contributed by atoms with Crippen molar-refractivity contribution >= 4 is 15.9 Å². The quantitative estimate of drug-likeness (QED) is 0.816. The minimum atomic E-state index is 0.498. The van der Waals surface area contributed by atoms with Gasteiger partial charge in [0.05, 0.1) is 0 Å². The summed E-state index contributed by atoms with van der Waals surface area (Å²) in [6, 6.07) is 7.18. The molecular formula is C17H26BrN. The van der Waals surface area contributed by atoms with Crippen LogP contribution >= 0.6 is 15.9 Å². The Morgan fingerprint density at radius 2 is 1.79 bits per heavy atom. The molecule has 1 aromatic carbocycles. The molecule has 19 heavy (non-hydrogen) atoms. The van der Waals surface area contributed by atoms with Gasteiger partial charge in [-0.15, -0.1) is 0 Å². The molecule has 0 bridgehead atoms. The second-order valence-corrected chi connectivity index (χ2v) is 7.36. The summed E-state index contributed by atoms with van der Waals surface area (Å²) < 4.78 is 1.17. The van der Waals surface area contributed by atoms with Gasteiger partial charge in [0, 0.05) is 10.5 Å². The van der Waals surface area contributed by atoms with Crippen molar-refractivity contribution in [3.63, 3.8) is 0 Å². The highest BCUT2D eigenvalue weighted by atomic mass is 79.9. The van der Waals surface area contributed by atoms with E-state index in [2.05, 4.69) is 67.3 Å². The third-order valence-corrected chi connectivity index (χ3v) is 5.06. The summed E-state index contributed by atoms with van der Waals surface area (Å²) in [5.74, 6) is 2.49. The molecule has 0 aliphatic heterocycles. The van der Waals surface area contributed by atoms with Crippen LogP contribution in [0.1, 0.15) is 50.3 Å². The maximum Gasteiger partial charge on any atom is 0.0348 e. The monoisotopic (exact) mass is 323 g/mol. The van der Waals surface area contributed by atoms with Gasteiger partial charge in [-0.05, 0) is 74.2 Å². The molecule has 2 rings (SSSR count). The van der Waals surface area contributed by atoms with Crippen LogP contribution in [0, 0.1) is 24.7 Å². The molecule has 1 N–H and O–H groups in total. The second kappa shape index (κ2) is 6.41. The van der Waals surface area contributed by atoms with E-state index in [1.165, 1.54) is 34.9 Å². The topological polar surface area (TPSA) is 12.0 Å². The first-order valence-corrected chi connectivity index (χ1v) is 8.23. The van der Waals surface area contributed by atoms with Crippen molar-refractivity contribution < 1.29 is 0 Å². The third kappa shape index (κ3) is 3.61. The molecule has 1 fully saturated rings. The van der Waals surface area contributed by atoms with Crippen LogP contribution < -0.4 is 5.32 Å². The Morgan fingerprint density at radius 1 is 1.16 bits per heavy atom. The Bertz CT molecular complexity index is 419. The van der Waals surface area contributed by atoms with Crippen molar-refractivity contribution in [2.75, 3.05) is 7.05 Å². The van der Waals surface area contributed by atoms with Crippen molar-refractivity contribution in [3.05, 3.63) is 33.8 Å². The normalized spacial score (nSPS) is 29.2. The van der Waals surface area contributed by atoms with Crippen LogP contribution in [0.5, 0.6) is 0 Å². The molecular weight excluding hydrogens is 298 g/mol. The number of benzene rings is 1. The van der Waals surface area contributed by atoms with E-state index in [0.29, 0.717) is 6.04 Å². The van der Waals surface area contributed by atoms with Crippen molar-refractivity contribution in [1.29, 1.82) is 0 Å². The molecule has 1 saturated carbocycles. The average Bonchev–Trinajstić information content (AvgIpc) is 2.31. The standard InChI is InChI=1S/C17H26BrN/c1-11-7-12(2)9-14(8-11)17(19-4)16-6-5-15(18)10-13(16)3/h5-6,10-12,14,17,19H,7-9H2,1-4H3. The molecule has 1 aromatic rings. The summed E-state index contributed by atoms with van der Waals surface area (Å²) in [4.78, 5) is 0. The summed E-state index contributed by atoms with van der Waals surface area (Å²) >= 11 is 3.56. The second-order valence-electron chi connectivity index (χ2n) is 6.44. The van der Waals surface area contributed by atoms with Gasteiger partial charge in [0.1, 0.15) is 0 Å². The average molecular weight is 324 g/mol. The lowest BCUT2D eigenvalue weighted by Crippen LogP contribution is -2.31. The first-order chi connectivity index (χ1) is 9.01. The number of hydrogen-bond donors (Lipinski definition) is 1. The SMILES string of the molecule is CNC(c1ccc(Br)cc1C)C1CC(C)CC(C)C1. The zero-order valence-electron chi connectivity index (χ0n) is 12.5. The smallest absolute Gasteiger partial charge is 0.0348 e. The Labute approximate surface area is 126 Å². The van der Waals surface area contributed by atoms with E-state index in [9.17, 15) is 0 Å². The van der Waals surface area contributed by atoms with Crippen LogP contribution in [-0.4, -0.2) is 7.05 Å². The maximum atomic E-state index is 3.57. The summed E-state index contributed by atoms with van der Waals surface area (Å²) in [6.07, 6.45) is 4.10. The highest BCUT2D eigenvalue weighted by Gasteiger charge is 2.30. The Hall–Kier alpha value is -0.340. The maximum absolute atomic E-state index is 3.57. The molecule has 106 valence electrons. The Morgan fingerprint density at radius 3 is 2.32 bits per heavy atom. The van der Waals surface area contributed by atoms with Gasteiger partial charge >= 0.3 is 0 Å². The zero-order chi connectivity index (χ0) is 14.0. The van der Waals surface area contributed by atoms with Crippen LogP contribution in [0.15, 0.2) is 22.7 Å². The van der Waals surface area contributed by atoms with Gasteiger partial charge in [-0.1, -0.05) is 35.8 Å². The van der Waals surface area contributed by atoms with Crippen molar-refractivity contribution in [1.82, 2.24) is 5.32 Å². The van der Waals surface area contributed by atoms with E-state index >= 15 is 0 Å². The van der Waals surface area contributed by atoms with E-state index in [-0.39, 0.29) is 0 Å². The predicted octanol–water partition coefficient (Wildman–Crippen LogP) is 5.09. The summed E-state index contributed by atoms with van der Waals surface area (Å²) in [7, 11) is 2.11. The van der Waals surface area contributed by atoms with Crippen LogP contribution in [0.4, 0.5) is 0 Å². The number of hydrogen-bond acceptors (Lipinski definition) is 1. The minimum Gasteiger partial charge on any atom is -0.313 e. The fourth-order valence-corrected chi connectivity index (χ4v) is 4.39. The molecule has 1 aliphatic rings.